The maximum absolute atomic E-state index is 12.5. The van der Waals surface area contributed by atoms with Crippen molar-refractivity contribution in [3.63, 3.8) is 0 Å². The van der Waals surface area contributed by atoms with Crippen LogP contribution >= 0.6 is 0 Å². The molecule has 0 atom stereocenters. The summed E-state index contributed by atoms with van der Waals surface area (Å²) in [6, 6.07) is 13.7. The Labute approximate surface area is 121 Å². The molecule has 106 valence electrons. The Balaban J connectivity index is 2.03. The van der Waals surface area contributed by atoms with E-state index in [1.807, 2.05) is 0 Å². The van der Waals surface area contributed by atoms with Crippen LogP contribution in [-0.4, -0.2) is 25.0 Å². The molecule has 0 fully saturated rings. The van der Waals surface area contributed by atoms with Crippen LogP contribution in [0.4, 0.5) is 5.69 Å². The van der Waals surface area contributed by atoms with E-state index in [-0.39, 0.29) is 11.8 Å². The van der Waals surface area contributed by atoms with Gasteiger partial charge in [-0.15, -0.1) is 0 Å². The monoisotopic (exact) mass is 282 g/mol. The predicted molar refractivity (Wildman–Crippen MR) is 78.6 cm³/mol. The zero-order valence-electron chi connectivity index (χ0n) is 11.3. The van der Waals surface area contributed by atoms with Gasteiger partial charge in [0.2, 0.25) is 0 Å². The Morgan fingerprint density at radius 1 is 0.905 bits per heavy atom. The van der Waals surface area contributed by atoms with Gasteiger partial charge in [0.15, 0.2) is 0 Å². The van der Waals surface area contributed by atoms with Crippen molar-refractivity contribution in [3.8, 4) is 5.75 Å². The molecule has 2 aromatic rings. The summed E-state index contributed by atoms with van der Waals surface area (Å²) in [5.41, 5.74) is 6.70. The molecule has 0 bridgehead atoms. The van der Waals surface area contributed by atoms with Gasteiger partial charge in [0, 0.05) is 6.54 Å². The van der Waals surface area contributed by atoms with E-state index in [1.165, 1.54) is 0 Å². The highest BCUT2D eigenvalue weighted by Crippen LogP contribution is 2.34. The van der Waals surface area contributed by atoms with Crippen LogP contribution < -0.4 is 15.4 Å². The minimum atomic E-state index is -0.334. The second-order valence-electron chi connectivity index (χ2n) is 4.60. The zero-order valence-corrected chi connectivity index (χ0v) is 11.3. The molecule has 2 amide bonds. The van der Waals surface area contributed by atoms with E-state index in [0.29, 0.717) is 35.7 Å². The quantitative estimate of drug-likeness (QED) is 0.868. The van der Waals surface area contributed by atoms with Gasteiger partial charge in [-0.1, -0.05) is 24.3 Å². The number of para-hydroxylation sites is 2. The van der Waals surface area contributed by atoms with Gasteiger partial charge < -0.3 is 10.5 Å². The van der Waals surface area contributed by atoms with Crippen molar-refractivity contribution in [1.82, 2.24) is 0 Å². The smallest absolute Gasteiger partial charge is 0.266 e. The van der Waals surface area contributed by atoms with Crippen molar-refractivity contribution in [2.75, 3.05) is 18.1 Å². The van der Waals surface area contributed by atoms with Crippen LogP contribution in [0.1, 0.15) is 20.7 Å². The number of ether oxygens (including phenoxy) is 1. The number of nitrogens with two attached hydrogens (primary N) is 1. The fraction of sp³-hybridized carbons (Fsp3) is 0.125. The minimum absolute atomic E-state index is 0.320. The lowest BCUT2D eigenvalue weighted by molar-refractivity contribution is 0.0925. The SMILES string of the molecule is NCCOc1ccccc1N1C(=O)c2ccccc2C1=O. The first-order chi connectivity index (χ1) is 10.2. The Bertz CT molecular complexity index is 677. The molecule has 0 saturated carbocycles. The summed E-state index contributed by atoms with van der Waals surface area (Å²) >= 11 is 0. The lowest BCUT2D eigenvalue weighted by atomic mass is 10.1. The van der Waals surface area contributed by atoms with Crippen molar-refractivity contribution in [2.24, 2.45) is 5.73 Å². The summed E-state index contributed by atoms with van der Waals surface area (Å²) < 4.78 is 5.52. The van der Waals surface area contributed by atoms with Gasteiger partial charge in [0.05, 0.1) is 16.8 Å². The highest BCUT2D eigenvalue weighted by atomic mass is 16.5. The van der Waals surface area contributed by atoms with Gasteiger partial charge >= 0.3 is 0 Å². The van der Waals surface area contributed by atoms with Gasteiger partial charge in [0.1, 0.15) is 12.4 Å². The summed E-state index contributed by atoms with van der Waals surface area (Å²) in [5.74, 6) is -0.198. The molecular weight excluding hydrogens is 268 g/mol. The Morgan fingerprint density at radius 2 is 1.48 bits per heavy atom. The second-order valence-corrected chi connectivity index (χ2v) is 4.60. The van der Waals surface area contributed by atoms with E-state index in [1.54, 1.807) is 48.5 Å². The molecule has 5 nitrogen and oxygen atoms in total. The fourth-order valence-corrected chi connectivity index (χ4v) is 2.34. The van der Waals surface area contributed by atoms with Crippen molar-refractivity contribution in [3.05, 3.63) is 59.7 Å². The molecule has 1 heterocycles. The van der Waals surface area contributed by atoms with Gasteiger partial charge in [-0.05, 0) is 24.3 Å². The predicted octanol–water partition coefficient (Wildman–Crippen LogP) is 1.82. The molecule has 3 rings (SSSR count). The number of carbonyl (C=O) groups excluding carboxylic acids is 2. The number of imide groups is 1. The van der Waals surface area contributed by atoms with Crippen molar-refractivity contribution in [2.45, 2.75) is 0 Å². The largest absolute Gasteiger partial charge is 0.490 e. The lowest BCUT2D eigenvalue weighted by Crippen LogP contribution is -2.30. The second kappa shape index (κ2) is 5.38. The number of fused-ring (bicyclic) bond motifs is 1. The van der Waals surface area contributed by atoms with Gasteiger partial charge in [-0.3, -0.25) is 9.59 Å². The number of carbonyl (C=O) groups is 2. The van der Waals surface area contributed by atoms with Crippen LogP contribution in [0, 0.1) is 0 Å². The van der Waals surface area contributed by atoms with Gasteiger partial charge in [0.25, 0.3) is 11.8 Å². The van der Waals surface area contributed by atoms with Crippen molar-refractivity contribution >= 4 is 17.5 Å². The Hall–Kier alpha value is -2.66. The van der Waals surface area contributed by atoms with Crippen molar-refractivity contribution < 1.29 is 14.3 Å². The van der Waals surface area contributed by atoms with E-state index in [0.717, 1.165) is 4.90 Å². The molecule has 0 spiro atoms. The maximum Gasteiger partial charge on any atom is 0.266 e. The summed E-state index contributed by atoms with van der Waals surface area (Å²) in [7, 11) is 0. The summed E-state index contributed by atoms with van der Waals surface area (Å²) in [4.78, 5) is 26.1. The molecule has 0 unspecified atom stereocenters. The number of rotatable bonds is 4. The molecule has 1 aliphatic heterocycles. The fourth-order valence-electron chi connectivity index (χ4n) is 2.34. The van der Waals surface area contributed by atoms with Gasteiger partial charge in [-0.25, -0.2) is 4.90 Å². The lowest BCUT2D eigenvalue weighted by Gasteiger charge is -2.18. The third-order valence-electron chi connectivity index (χ3n) is 3.28. The third kappa shape index (κ3) is 2.17. The van der Waals surface area contributed by atoms with Crippen molar-refractivity contribution in [1.29, 1.82) is 0 Å². The van der Waals surface area contributed by atoms with E-state index >= 15 is 0 Å². The van der Waals surface area contributed by atoms with E-state index < -0.39 is 0 Å². The van der Waals surface area contributed by atoms with Crippen LogP contribution in [-0.2, 0) is 0 Å². The molecular formula is C16H14N2O3. The minimum Gasteiger partial charge on any atom is -0.490 e. The molecule has 0 aromatic heterocycles. The zero-order chi connectivity index (χ0) is 14.8. The molecule has 21 heavy (non-hydrogen) atoms. The average Bonchev–Trinajstić information content (AvgIpc) is 2.78. The molecule has 2 aromatic carbocycles. The number of benzene rings is 2. The van der Waals surface area contributed by atoms with E-state index in [4.69, 9.17) is 10.5 Å². The number of amides is 2. The highest BCUT2D eigenvalue weighted by Gasteiger charge is 2.37. The normalized spacial score (nSPS) is 13.5. The van der Waals surface area contributed by atoms with Crippen LogP contribution in [0.25, 0.3) is 0 Å². The maximum atomic E-state index is 12.5. The van der Waals surface area contributed by atoms with Crippen LogP contribution in [0.2, 0.25) is 0 Å². The van der Waals surface area contributed by atoms with Gasteiger partial charge in [-0.2, -0.15) is 0 Å². The first-order valence-corrected chi connectivity index (χ1v) is 6.63. The van der Waals surface area contributed by atoms with Crippen LogP contribution in [0.3, 0.4) is 0 Å². The first kappa shape index (κ1) is 13.3. The number of anilines is 1. The van der Waals surface area contributed by atoms with Crippen LogP contribution in [0.15, 0.2) is 48.5 Å². The van der Waals surface area contributed by atoms with E-state index in [2.05, 4.69) is 0 Å². The summed E-state index contributed by atoms with van der Waals surface area (Å²) in [6.45, 7) is 0.677. The van der Waals surface area contributed by atoms with E-state index in [9.17, 15) is 9.59 Å². The molecule has 0 saturated heterocycles. The third-order valence-corrected chi connectivity index (χ3v) is 3.28. The number of hydrogen-bond acceptors (Lipinski definition) is 4. The van der Waals surface area contributed by atoms with Crippen LogP contribution in [0.5, 0.6) is 5.75 Å². The average molecular weight is 282 g/mol. The Morgan fingerprint density at radius 3 is 2.10 bits per heavy atom. The molecule has 5 heteroatoms. The number of hydrogen-bond donors (Lipinski definition) is 1. The standard InChI is InChI=1S/C16H14N2O3/c17-9-10-21-14-8-4-3-7-13(14)18-15(19)11-5-1-2-6-12(11)16(18)20/h1-8H,9-10,17H2. The summed E-state index contributed by atoms with van der Waals surface area (Å²) in [6.07, 6.45) is 0. The Kier molecular flexibility index (Phi) is 3.41. The molecule has 0 aliphatic carbocycles. The molecule has 2 N–H and O–H groups in total. The number of nitrogens with zero attached hydrogens (tertiary/aromatic N) is 1. The molecule has 0 radical (unpaired) electrons. The topological polar surface area (TPSA) is 72.6 Å². The molecule has 1 aliphatic rings. The summed E-state index contributed by atoms with van der Waals surface area (Å²) in [5, 5.41) is 0. The highest BCUT2D eigenvalue weighted by molar-refractivity contribution is 6.34. The first-order valence-electron chi connectivity index (χ1n) is 6.63.